The Bertz CT molecular complexity index is 1580. The van der Waals surface area contributed by atoms with E-state index in [1.807, 2.05) is 73.7 Å². The number of carbonyl (C=O) groups is 2. The zero-order valence-electron chi connectivity index (χ0n) is 22.9. The van der Waals surface area contributed by atoms with Crippen molar-refractivity contribution in [1.29, 1.82) is 0 Å². The van der Waals surface area contributed by atoms with Crippen LogP contribution in [0.1, 0.15) is 16.7 Å². The second-order valence-corrected chi connectivity index (χ2v) is 11.9. The third-order valence-corrected chi connectivity index (χ3v) is 8.72. The standard InChI is InChI=1S/C32H32ClN3O4S/c1-24-10-9-15-28(20-24)36(41(39,40)29-18-16-27(33)17-19-29)23-31(37)35(22-26-13-7-4-8-14-26)30(32(38)34-2)21-25-11-5-3-6-12-25/h3-20,30H,21-23H2,1-2H3,(H,34,38). The van der Waals surface area contributed by atoms with Crippen LogP contribution >= 0.6 is 11.6 Å². The van der Waals surface area contributed by atoms with Crippen molar-refractivity contribution in [3.05, 3.63) is 131 Å². The number of aryl methyl sites for hydroxylation is 1. The van der Waals surface area contributed by atoms with E-state index in [4.69, 9.17) is 11.6 Å². The van der Waals surface area contributed by atoms with Gasteiger partial charge in [-0.3, -0.25) is 13.9 Å². The Kier molecular flexibility index (Phi) is 9.81. The number of likely N-dealkylation sites (N-methyl/N-ethyl adjacent to an activating group) is 1. The second kappa shape index (κ2) is 13.5. The van der Waals surface area contributed by atoms with Crippen molar-refractivity contribution in [2.75, 3.05) is 17.9 Å². The molecular weight excluding hydrogens is 558 g/mol. The molecule has 1 atom stereocenters. The fraction of sp³-hybridized carbons (Fsp3) is 0.188. The number of anilines is 1. The van der Waals surface area contributed by atoms with E-state index in [1.165, 1.54) is 36.2 Å². The largest absolute Gasteiger partial charge is 0.357 e. The lowest BCUT2D eigenvalue weighted by molar-refractivity contribution is -0.139. The van der Waals surface area contributed by atoms with Crippen molar-refractivity contribution in [2.24, 2.45) is 0 Å². The zero-order chi connectivity index (χ0) is 29.4. The molecule has 0 spiro atoms. The van der Waals surface area contributed by atoms with Crippen LogP contribution in [0.25, 0.3) is 0 Å². The van der Waals surface area contributed by atoms with Gasteiger partial charge in [0.25, 0.3) is 10.0 Å². The maximum absolute atomic E-state index is 14.2. The second-order valence-electron chi connectivity index (χ2n) is 9.63. The van der Waals surface area contributed by atoms with Gasteiger partial charge in [-0.1, -0.05) is 84.4 Å². The number of nitrogens with zero attached hydrogens (tertiary/aromatic N) is 2. The van der Waals surface area contributed by atoms with Crippen LogP contribution in [-0.4, -0.2) is 44.8 Å². The number of rotatable bonds is 11. The van der Waals surface area contributed by atoms with Crippen molar-refractivity contribution in [3.8, 4) is 0 Å². The predicted octanol–water partition coefficient (Wildman–Crippen LogP) is 5.23. The maximum atomic E-state index is 14.2. The minimum Gasteiger partial charge on any atom is -0.357 e. The zero-order valence-corrected chi connectivity index (χ0v) is 24.5. The van der Waals surface area contributed by atoms with Crippen molar-refractivity contribution in [3.63, 3.8) is 0 Å². The lowest BCUT2D eigenvalue weighted by Crippen LogP contribution is -2.53. The molecule has 0 bridgehead atoms. The monoisotopic (exact) mass is 589 g/mol. The summed E-state index contributed by atoms with van der Waals surface area (Å²) < 4.78 is 29.0. The molecule has 0 radical (unpaired) electrons. The molecule has 0 fully saturated rings. The fourth-order valence-corrected chi connectivity index (χ4v) is 6.08. The Labute approximate surface area is 246 Å². The molecule has 41 heavy (non-hydrogen) atoms. The Morgan fingerprint density at radius 2 is 1.44 bits per heavy atom. The van der Waals surface area contributed by atoms with Crippen molar-refractivity contribution in [2.45, 2.75) is 30.8 Å². The lowest BCUT2D eigenvalue weighted by atomic mass is 10.0. The number of hydrogen-bond acceptors (Lipinski definition) is 4. The Morgan fingerprint density at radius 1 is 0.829 bits per heavy atom. The highest BCUT2D eigenvalue weighted by Gasteiger charge is 2.34. The average molecular weight is 590 g/mol. The van der Waals surface area contributed by atoms with Crippen LogP contribution in [0, 0.1) is 6.92 Å². The molecule has 9 heteroatoms. The summed E-state index contributed by atoms with van der Waals surface area (Å²) in [5.41, 5.74) is 2.86. The van der Waals surface area contributed by atoms with Gasteiger partial charge in [0, 0.05) is 25.0 Å². The van der Waals surface area contributed by atoms with Crippen LogP contribution in [-0.2, 0) is 32.6 Å². The summed E-state index contributed by atoms with van der Waals surface area (Å²) in [5, 5.41) is 3.08. The van der Waals surface area contributed by atoms with Gasteiger partial charge in [0.05, 0.1) is 10.6 Å². The number of nitrogens with one attached hydrogen (secondary N) is 1. The summed E-state index contributed by atoms with van der Waals surface area (Å²) >= 11 is 6.02. The summed E-state index contributed by atoms with van der Waals surface area (Å²) in [5.74, 6) is -0.863. The molecule has 7 nitrogen and oxygen atoms in total. The summed E-state index contributed by atoms with van der Waals surface area (Å²) in [6.45, 7) is 1.46. The summed E-state index contributed by atoms with van der Waals surface area (Å²) in [4.78, 5) is 28.9. The molecule has 4 rings (SSSR count). The van der Waals surface area contributed by atoms with Crippen LogP contribution < -0.4 is 9.62 Å². The molecule has 0 heterocycles. The number of amides is 2. The van der Waals surface area contributed by atoms with Crippen LogP contribution in [0.4, 0.5) is 5.69 Å². The fourth-order valence-electron chi connectivity index (χ4n) is 4.55. The van der Waals surface area contributed by atoms with Gasteiger partial charge in [0.1, 0.15) is 12.6 Å². The van der Waals surface area contributed by atoms with Crippen molar-refractivity contribution in [1.82, 2.24) is 10.2 Å². The first kappa shape index (κ1) is 29.8. The van der Waals surface area contributed by atoms with Gasteiger partial charge < -0.3 is 10.2 Å². The van der Waals surface area contributed by atoms with Crippen LogP contribution in [0.2, 0.25) is 5.02 Å². The third kappa shape index (κ3) is 7.54. The first-order valence-electron chi connectivity index (χ1n) is 13.1. The van der Waals surface area contributed by atoms with Gasteiger partial charge in [-0.15, -0.1) is 0 Å². The van der Waals surface area contributed by atoms with Crippen LogP contribution in [0.3, 0.4) is 0 Å². The minimum atomic E-state index is -4.17. The number of halogens is 1. The van der Waals surface area contributed by atoms with Gasteiger partial charge >= 0.3 is 0 Å². The molecular formula is C32H32ClN3O4S. The highest BCUT2D eigenvalue weighted by molar-refractivity contribution is 7.92. The van der Waals surface area contributed by atoms with E-state index in [9.17, 15) is 18.0 Å². The van der Waals surface area contributed by atoms with E-state index in [0.29, 0.717) is 10.7 Å². The maximum Gasteiger partial charge on any atom is 0.264 e. The van der Waals surface area contributed by atoms with Crippen LogP contribution in [0.15, 0.2) is 114 Å². The van der Waals surface area contributed by atoms with E-state index >= 15 is 0 Å². The molecule has 1 N–H and O–H groups in total. The molecule has 0 aliphatic carbocycles. The molecule has 4 aromatic rings. The van der Waals surface area contributed by atoms with Crippen molar-refractivity contribution < 1.29 is 18.0 Å². The summed E-state index contributed by atoms with van der Waals surface area (Å²) in [6.07, 6.45) is 0.257. The van der Waals surface area contributed by atoms with E-state index in [0.717, 1.165) is 21.0 Å². The van der Waals surface area contributed by atoms with Gasteiger partial charge in [-0.25, -0.2) is 8.42 Å². The van der Waals surface area contributed by atoms with Gasteiger partial charge in [0.2, 0.25) is 11.8 Å². The SMILES string of the molecule is CNC(=O)C(Cc1ccccc1)N(Cc1ccccc1)C(=O)CN(c1cccc(C)c1)S(=O)(=O)c1ccc(Cl)cc1. The van der Waals surface area contributed by atoms with E-state index < -0.39 is 28.5 Å². The lowest BCUT2D eigenvalue weighted by Gasteiger charge is -2.33. The molecule has 0 aliphatic heterocycles. The smallest absolute Gasteiger partial charge is 0.264 e. The minimum absolute atomic E-state index is 0.00190. The highest BCUT2D eigenvalue weighted by Crippen LogP contribution is 2.26. The van der Waals surface area contributed by atoms with Crippen LogP contribution in [0.5, 0.6) is 0 Å². The number of sulfonamides is 1. The number of carbonyl (C=O) groups excluding carboxylic acids is 2. The average Bonchev–Trinajstić information content (AvgIpc) is 2.98. The third-order valence-electron chi connectivity index (χ3n) is 6.68. The van der Waals surface area contributed by atoms with Gasteiger partial charge in [-0.2, -0.15) is 0 Å². The molecule has 212 valence electrons. The first-order valence-corrected chi connectivity index (χ1v) is 14.9. The topological polar surface area (TPSA) is 86.8 Å². The molecule has 4 aromatic carbocycles. The molecule has 1 unspecified atom stereocenters. The molecule has 0 saturated heterocycles. The van der Waals surface area contributed by atoms with E-state index in [-0.39, 0.29) is 23.8 Å². The van der Waals surface area contributed by atoms with Gasteiger partial charge in [0.15, 0.2) is 0 Å². The first-order chi connectivity index (χ1) is 19.7. The van der Waals surface area contributed by atoms with Gasteiger partial charge in [-0.05, 0) is 60.0 Å². The predicted molar refractivity (Wildman–Crippen MR) is 162 cm³/mol. The molecule has 0 aliphatic rings. The number of benzene rings is 4. The number of hydrogen-bond donors (Lipinski definition) is 1. The highest BCUT2D eigenvalue weighted by atomic mass is 35.5. The van der Waals surface area contributed by atoms with E-state index in [1.54, 1.807) is 18.2 Å². The quantitative estimate of drug-likeness (QED) is 0.260. The Morgan fingerprint density at radius 3 is 2.02 bits per heavy atom. The van der Waals surface area contributed by atoms with Crippen molar-refractivity contribution >= 4 is 39.1 Å². The normalized spacial score (nSPS) is 11.9. The Hall–Kier alpha value is -4.14. The molecule has 0 saturated carbocycles. The summed E-state index contributed by atoms with van der Waals surface area (Å²) in [7, 11) is -2.65. The summed E-state index contributed by atoms with van der Waals surface area (Å²) in [6, 6.07) is 30.6. The molecule has 0 aromatic heterocycles. The molecule has 2 amide bonds. The Balaban J connectivity index is 1.77. The van der Waals surface area contributed by atoms with E-state index in [2.05, 4.69) is 5.32 Å².